The summed E-state index contributed by atoms with van der Waals surface area (Å²) in [4.78, 5) is 18.8. The van der Waals surface area contributed by atoms with Crippen molar-refractivity contribution in [3.05, 3.63) is 66.7 Å². The van der Waals surface area contributed by atoms with Crippen molar-refractivity contribution in [3.8, 4) is 17.2 Å². The SMILES string of the molecule is N#Cc1ncn(C2CCN(CC(=O)Nc3ccccc3-c3ccccc3)CC2)n1. The Morgan fingerprint density at radius 2 is 1.83 bits per heavy atom. The van der Waals surface area contributed by atoms with Gasteiger partial charge in [0.25, 0.3) is 5.82 Å². The van der Waals surface area contributed by atoms with Crippen molar-refractivity contribution in [3.63, 3.8) is 0 Å². The molecular formula is C22H22N6O. The van der Waals surface area contributed by atoms with Crippen molar-refractivity contribution in [2.75, 3.05) is 25.0 Å². The van der Waals surface area contributed by atoms with Gasteiger partial charge in [0.2, 0.25) is 5.91 Å². The van der Waals surface area contributed by atoms with Crippen LogP contribution in [0, 0.1) is 11.3 Å². The average Bonchev–Trinajstić information content (AvgIpc) is 3.25. The van der Waals surface area contributed by atoms with E-state index in [4.69, 9.17) is 5.26 Å². The quantitative estimate of drug-likeness (QED) is 0.728. The standard InChI is InChI=1S/C22H22N6O/c23-14-21-24-16-28(26-21)18-10-12-27(13-11-18)15-22(29)25-20-9-5-4-8-19(20)17-6-2-1-3-7-17/h1-9,16,18H,10-13,15H2,(H,25,29). The highest BCUT2D eigenvalue weighted by molar-refractivity contribution is 5.96. The number of benzene rings is 2. The van der Waals surface area contributed by atoms with E-state index in [0.717, 1.165) is 42.7 Å². The molecule has 7 heteroatoms. The van der Waals surface area contributed by atoms with Gasteiger partial charge in [-0.2, -0.15) is 5.26 Å². The predicted octanol–water partition coefficient (Wildman–Crippen LogP) is 3.09. The first kappa shape index (κ1) is 18.8. The number of nitrogens with one attached hydrogen (secondary N) is 1. The number of rotatable bonds is 5. The molecule has 0 unspecified atom stereocenters. The number of nitrogens with zero attached hydrogens (tertiary/aromatic N) is 5. The number of para-hydroxylation sites is 1. The fourth-order valence-electron chi connectivity index (χ4n) is 3.70. The molecule has 1 amide bonds. The summed E-state index contributed by atoms with van der Waals surface area (Å²) in [7, 11) is 0. The fourth-order valence-corrected chi connectivity index (χ4v) is 3.70. The van der Waals surface area contributed by atoms with Gasteiger partial charge in [-0.25, -0.2) is 9.67 Å². The van der Waals surface area contributed by atoms with Crippen LogP contribution in [0.3, 0.4) is 0 Å². The molecule has 0 atom stereocenters. The van der Waals surface area contributed by atoms with Gasteiger partial charge in [0.1, 0.15) is 12.4 Å². The smallest absolute Gasteiger partial charge is 0.252 e. The van der Waals surface area contributed by atoms with E-state index in [1.807, 2.05) is 60.7 Å². The van der Waals surface area contributed by atoms with Gasteiger partial charge in [-0.15, -0.1) is 5.10 Å². The highest BCUT2D eigenvalue weighted by atomic mass is 16.2. The van der Waals surface area contributed by atoms with Crippen molar-refractivity contribution < 1.29 is 4.79 Å². The van der Waals surface area contributed by atoms with Gasteiger partial charge in [-0.1, -0.05) is 48.5 Å². The maximum Gasteiger partial charge on any atom is 0.252 e. The Bertz CT molecular complexity index is 1020. The maximum absolute atomic E-state index is 12.6. The highest BCUT2D eigenvalue weighted by Gasteiger charge is 2.23. The van der Waals surface area contributed by atoms with Crippen LogP contribution < -0.4 is 5.32 Å². The van der Waals surface area contributed by atoms with Gasteiger partial charge < -0.3 is 5.32 Å². The molecule has 7 nitrogen and oxygen atoms in total. The average molecular weight is 386 g/mol. The highest BCUT2D eigenvalue weighted by Crippen LogP contribution is 2.27. The van der Waals surface area contributed by atoms with Crippen LogP contribution in [0.15, 0.2) is 60.9 Å². The molecule has 0 aliphatic carbocycles. The molecule has 1 N–H and O–H groups in total. The number of hydrogen-bond acceptors (Lipinski definition) is 5. The molecule has 2 aromatic carbocycles. The van der Waals surface area contributed by atoms with Gasteiger partial charge in [0.15, 0.2) is 0 Å². The molecule has 3 aromatic rings. The molecule has 1 aromatic heterocycles. The number of hydrogen-bond donors (Lipinski definition) is 1. The number of anilines is 1. The largest absolute Gasteiger partial charge is 0.324 e. The molecule has 1 saturated heterocycles. The van der Waals surface area contributed by atoms with Gasteiger partial charge in [-0.05, 0) is 24.5 Å². The van der Waals surface area contributed by atoms with E-state index in [2.05, 4.69) is 20.3 Å². The summed E-state index contributed by atoms with van der Waals surface area (Å²) in [6.45, 7) is 1.97. The number of nitriles is 1. The van der Waals surface area contributed by atoms with Gasteiger partial charge >= 0.3 is 0 Å². The first-order valence-electron chi connectivity index (χ1n) is 9.71. The maximum atomic E-state index is 12.6. The normalized spacial score (nSPS) is 15.0. The van der Waals surface area contributed by atoms with Crippen molar-refractivity contribution in [2.24, 2.45) is 0 Å². The van der Waals surface area contributed by atoms with Gasteiger partial charge in [0, 0.05) is 24.3 Å². The van der Waals surface area contributed by atoms with E-state index in [1.54, 1.807) is 11.0 Å². The number of likely N-dealkylation sites (tertiary alicyclic amines) is 1. The Balaban J connectivity index is 1.34. The van der Waals surface area contributed by atoms with Gasteiger partial charge in [0.05, 0.1) is 12.6 Å². The summed E-state index contributed by atoms with van der Waals surface area (Å²) >= 11 is 0. The van der Waals surface area contributed by atoms with Crippen LogP contribution in [0.5, 0.6) is 0 Å². The van der Waals surface area contributed by atoms with Crippen LogP contribution in [-0.2, 0) is 4.79 Å². The molecular weight excluding hydrogens is 364 g/mol. The van der Waals surface area contributed by atoms with Gasteiger partial charge in [-0.3, -0.25) is 9.69 Å². The molecule has 0 spiro atoms. The molecule has 1 aliphatic heterocycles. The first-order chi connectivity index (χ1) is 14.2. The van der Waals surface area contributed by atoms with Crippen molar-refractivity contribution in [1.82, 2.24) is 19.7 Å². The summed E-state index contributed by atoms with van der Waals surface area (Å²) in [5, 5.41) is 16.1. The number of amides is 1. The van der Waals surface area contributed by atoms with Crippen LogP contribution in [0.2, 0.25) is 0 Å². The van der Waals surface area contributed by atoms with Crippen LogP contribution >= 0.6 is 0 Å². The number of carbonyl (C=O) groups excluding carboxylic acids is 1. The molecule has 4 rings (SSSR count). The van der Waals surface area contributed by atoms with Crippen molar-refractivity contribution in [1.29, 1.82) is 5.26 Å². The van der Waals surface area contributed by atoms with E-state index < -0.39 is 0 Å². The lowest BCUT2D eigenvalue weighted by molar-refractivity contribution is -0.117. The Labute approximate surface area is 169 Å². The number of aromatic nitrogens is 3. The number of piperidine rings is 1. The predicted molar refractivity (Wildman–Crippen MR) is 110 cm³/mol. The molecule has 2 heterocycles. The van der Waals surface area contributed by atoms with Crippen LogP contribution in [0.4, 0.5) is 5.69 Å². The van der Waals surface area contributed by atoms with E-state index >= 15 is 0 Å². The number of carbonyl (C=O) groups is 1. The summed E-state index contributed by atoms with van der Waals surface area (Å²) in [5.74, 6) is 0.184. The second kappa shape index (κ2) is 8.67. The summed E-state index contributed by atoms with van der Waals surface area (Å²) in [6, 6.07) is 20.1. The van der Waals surface area contributed by atoms with Crippen molar-refractivity contribution in [2.45, 2.75) is 18.9 Å². The lowest BCUT2D eigenvalue weighted by Crippen LogP contribution is -2.39. The zero-order chi connectivity index (χ0) is 20.1. The minimum absolute atomic E-state index is 0.0145. The van der Waals surface area contributed by atoms with E-state index in [1.165, 1.54) is 0 Å². The lowest BCUT2D eigenvalue weighted by atomic mass is 10.0. The Kier molecular flexibility index (Phi) is 5.63. The van der Waals surface area contributed by atoms with Crippen molar-refractivity contribution >= 4 is 11.6 Å². The Morgan fingerprint density at radius 3 is 2.55 bits per heavy atom. The Hall–Kier alpha value is -3.50. The molecule has 0 saturated carbocycles. The zero-order valence-corrected chi connectivity index (χ0v) is 16.0. The van der Waals surface area contributed by atoms with E-state index in [9.17, 15) is 4.79 Å². The minimum atomic E-state index is -0.0145. The molecule has 0 bridgehead atoms. The fraction of sp³-hybridized carbons (Fsp3) is 0.273. The summed E-state index contributed by atoms with van der Waals surface area (Å²) < 4.78 is 1.77. The van der Waals surface area contributed by atoms with Crippen LogP contribution in [0.25, 0.3) is 11.1 Å². The van der Waals surface area contributed by atoms with E-state index in [-0.39, 0.29) is 17.8 Å². The Morgan fingerprint density at radius 1 is 1.10 bits per heavy atom. The second-order valence-corrected chi connectivity index (χ2v) is 7.13. The first-order valence-corrected chi connectivity index (χ1v) is 9.71. The zero-order valence-electron chi connectivity index (χ0n) is 16.0. The topological polar surface area (TPSA) is 86.8 Å². The molecule has 1 fully saturated rings. The second-order valence-electron chi connectivity index (χ2n) is 7.13. The third-order valence-corrected chi connectivity index (χ3v) is 5.19. The van der Waals surface area contributed by atoms with Crippen LogP contribution in [0.1, 0.15) is 24.7 Å². The summed E-state index contributed by atoms with van der Waals surface area (Å²) in [5.41, 5.74) is 2.92. The molecule has 0 radical (unpaired) electrons. The minimum Gasteiger partial charge on any atom is -0.324 e. The third-order valence-electron chi connectivity index (χ3n) is 5.19. The third kappa shape index (κ3) is 4.50. The lowest BCUT2D eigenvalue weighted by Gasteiger charge is -2.31. The molecule has 1 aliphatic rings. The van der Waals surface area contributed by atoms with Crippen LogP contribution in [-0.4, -0.2) is 45.2 Å². The summed E-state index contributed by atoms with van der Waals surface area (Å²) in [6.07, 6.45) is 3.37. The van der Waals surface area contributed by atoms with E-state index in [0.29, 0.717) is 6.54 Å². The monoisotopic (exact) mass is 386 g/mol. The molecule has 29 heavy (non-hydrogen) atoms. The molecule has 146 valence electrons.